The van der Waals surface area contributed by atoms with Crippen LogP contribution in [0.3, 0.4) is 0 Å². The SMILES string of the molecule is CC.CC.CCC1CCC(C)CCC(C)C(CC)C1.CCCCCCCCS/C=C(/ONCC)C(C)NC. The van der Waals surface area contributed by atoms with Gasteiger partial charge in [-0.1, -0.05) is 133 Å². The number of unbranched alkanes of at least 4 members (excludes halogenated alkanes) is 5. The average molecular weight is 559 g/mol. The molecule has 0 aromatic carbocycles. The maximum Gasteiger partial charge on any atom is 0.147 e. The minimum absolute atomic E-state index is 0.246. The Bertz CT molecular complexity index is 469. The highest BCUT2D eigenvalue weighted by atomic mass is 32.2. The van der Waals surface area contributed by atoms with Crippen LogP contribution < -0.4 is 10.8 Å². The number of hydroxylamine groups is 1. The van der Waals surface area contributed by atoms with Crippen LogP contribution in [0.15, 0.2) is 11.2 Å². The zero-order chi connectivity index (χ0) is 29.6. The monoisotopic (exact) mass is 559 g/mol. The van der Waals surface area contributed by atoms with Gasteiger partial charge < -0.3 is 10.2 Å². The molecule has 0 saturated heterocycles. The Balaban J connectivity index is -0.000000579. The van der Waals surface area contributed by atoms with Crippen molar-refractivity contribution in [2.75, 3.05) is 19.3 Å². The van der Waals surface area contributed by atoms with Crippen molar-refractivity contribution < 1.29 is 4.84 Å². The number of hydrogen-bond donors (Lipinski definition) is 2. The summed E-state index contributed by atoms with van der Waals surface area (Å²) in [7, 11) is 1.95. The Morgan fingerprint density at radius 1 is 0.868 bits per heavy atom. The fourth-order valence-corrected chi connectivity index (χ4v) is 5.69. The highest BCUT2D eigenvalue weighted by Crippen LogP contribution is 2.34. The van der Waals surface area contributed by atoms with Crippen molar-refractivity contribution in [2.45, 2.75) is 166 Å². The lowest BCUT2D eigenvalue weighted by molar-refractivity contribution is 0.0959. The molecule has 1 rings (SSSR count). The van der Waals surface area contributed by atoms with Crippen LogP contribution >= 0.6 is 11.8 Å². The zero-order valence-corrected chi connectivity index (χ0v) is 29.2. The molecule has 1 fully saturated rings. The summed E-state index contributed by atoms with van der Waals surface area (Å²) in [6.07, 6.45) is 18.3. The summed E-state index contributed by atoms with van der Waals surface area (Å²) in [6, 6.07) is 0.246. The molecule has 38 heavy (non-hydrogen) atoms. The van der Waals surface area contributed by atoms with Crippen molar-refractivity contribution >= 4 is 11.8 Å². The standard InChI is InChI=1S/C15H32N2OS.C15H30.2C2H6/c1-5-7-8-9-10-11-12-19-13-15(14(3)16-4)18-17-6-2;1-5-14-10-8-12(3)7-9-13(4)15(6-2)11-14;2*1-2/h13-14,16-17H,5-12H2,1-4H3;12-15H,5-11H2,1-4H3;2*1-2H3/b15-13+;;;. The van der Waals surface area contributed by atoms with E-state index in [0.29, 0.717) is 0 Å². The summed E-state index contributed by atoms with van der Waals surface area (Å²) in [6.45, 7) is 24.9. The number of hydrogen-bond acceptors (Lipinski definition) is 4. The highest BCUT2D eigenvalue weighted by molar-refractivity contribution is 8.02. The molecule has 0 aromatic heterocycles. The van der Waals surface area contributed by atoms with Crippen LogP contribution in [-0.4, -0.2) is 25.4 Å². The molecule has 1 saturated carbocycles. The van der Waals surface area contributed by atoms with Gasteiger partial charge in [-0.3, -0.25) is 0 Å². The molecule has 0 radical (unpaired) electrons. The van der Waals surface area contributed by atoms with E-state index in [1.54, 1.807) is 0 Å². The van der Waals surface area contributed by atoms with Gasteiger partial charge in [0.15, 0.2) is 0 Å². The van der Waals surface area contributed by atoms with E-state index < -0.39 is 0 Å². The average Bonchev–Trinajstić information content (AvgIpc) is 3.03. The molecule has 0 aliphatic heterocycles. The quantitative estimate of drug-likeness (QED) is 0.119. The molecule has 0 heterocycles. The van der Waals surface area contributed by atoms with Gasteiger partial charge in [-0.05, 0) is 63.2 Å². The first-order chi connectivity index (χ1) is 18.4. The van der Waals surface area contributed by atoms with Gasteiger partial charge in [0.1, 0.15) is 5.76 Å². The molecule has 4 heteroatoms. The lowest BCUT2D eigenvalue weighted by atomic mass is 9.81. The molecular weight excluding hydrogens is 484 g/mol. The first-order valence-electron chi connectivity index (χ1n) is 16.8. The van der Waals surface area contributed by atoms with Gasteiger partial charge in [0.25, 0.3) is 0 Å². The van der Waals surface area contributed by atoms with Gasteiger partial charge in [-0.2, -0.15) is 5.48 Å². The van der Waals surface area contributed by atoms with E-state index in [1.807, 2.05) is 53.4 Å². The number of rotatable bonds is 15. The van der Waals surface area contributed by atoms with Crippen LogP contribution in [-0.2, 0) is 4.84 Å². The van der Waals surface area contributed by atoms with Crippen molar-refractivity contribution in [3.8, 4) is 0 Å². The van der Waals surface area contributed by atoms with Crippen molar-refractivity contribution in [1.29, 1.82) is 0 Å². The molecular formula is C34H74N2OS. The molecule has 3 nitrogen and oxygen atoms in total. The minimum Gasteiger partial charge on any atom is -0.411 e. The van der Waals surface area contributed by atoms with Crippen LogP contribution in [0.2, 0.25) is 0 Å². The molecule has 0 spiro atoms. The van der Waals surface area contributed by atoms with E-state index in [9.17, 15) is 0 Å². The minimum atomic E-state index is 0.246. The van der Waals surface area contributed by atoms with Gasteiger partial charge in [0, 0.05) is 12.0 Å². The Morgan fingerprint density at radius 3 is 2.03 bits per heavy atom. The number of likely N-dealkylation sites (N-methyl/N-ethyl adjacent to an activating group) is 1. The molecule has 5 unspecified atom stereocenters. The lowest BCUT2D eigenvalue weighted by Gasteiger charge is -2.25. The summed E-state index contributed by atoms with van der Waals surface area (Å²) in [5.41, 5.74) is 2.92. The van der Waals surface area contributed by atoms with E-state index in [-0.39, 0.29) is 6.04 Å². The van der Waals surface area contributed by atoms with Crippen molar-refractivity contribution in [3.63, 3.8) is 0 Å². The second-order valence-corrected chi connectivity index (χ2v) is 11.7. The second-order valence-electron chi connectivity index (χ2n) is 10.7. The summed E-state index contributed by atoms with van der Waals surface area (Å²) in [5, 5.41) is 5.34. The molecule has 1 aliphatic carbocycles. The molecule has 0 bridgehead atoms. The fraction of sp³-hybridized carbons (Fsp3) is 0.941. The van der Waals surface area contributed by atoms with Gasteiger partial charge in [0.2, 0.25) is 0 Å². The van der Waals surface area contributed by atoms with Crippen LogP contribution in [0.25, 0.3) is 0 Å². The fourth-order valence-electron chi connectivity index (χ4n) is 4.78. The Kier molecular flexibility index (Phi) is 36.7. The van der Waals surface area contributed by atoms with Gasteiger partial charge in [-0.25, -0.2) is 0 Å². The summed E-state index contributed by atoms with van der Waals surface area (Å²) < 4.78 is 0. The molecule has 2 N–H and O–H groups in total. The summed E-state index contributed by atoms with van der Waals surface area (Å²) in [4.78, 5) is 5.53. The number of thioether (sulfide) groups is 1. The lowest BCUT2D eigenvalue weighted by Crippen LogP contribution is -2.28. The summed E-state index contributed by atoms with van der Waals surface area (Å²) in [5.74, 6) is 6.10. The Hall–Kier alpha value is -0.190. The summed E-state index contributed by atoms with van der Waals surface area (Å²) >= 11 is 1.85. The maximum absolute atomic E-state index is 5.53. The van der Waals surface area contributed by atoms with Crippen molar-refractivity contribution in [3.05, 3.63) is 11.2 Å². The molecule has 0 amide bonds. The van der Waals surface area contributed by atoms with Gasteiger partial charge in [0.05, 0.1) is 6.04 Å². The Morgan fingerprint density at radius 2 is 1.47 bits per heavy atom. The molecule has 1 aliphatic rings. The number of nitrogens with one attached hydrogen (secondary N) is 2. The third-order valence-corrected chi connectivity index (χ3v) is 8.66. The third-order valence-electron chi connectivity index (χ3n) is 7.73. The van der Waals surface area contributed by atoms with E-state index in [0.717, 1.165) is 36.0 Å². The first kappa shape index (κ1) is 42.3. The normalized spacial score (nSPS) is 22.6. The van der Waals surface area contributed by atoms with Crippen LogP contribution in [0.1, 0.15) is 160 Å². The van der Waals surface area contributed by atoms with Crippen molar-refractivity contribution in [1.82, 2.24) is 10.8 Å². The second kappa shape index (κ2) is 33.0. The largest absolute Gasteiger partial charge is 0.411 e. The topological polar surface area (TPSA) is 33.3 Å². The maximum atomic E-state index is 5.53. The highest BCUT2D eigenvalue weighted by Gasteiger charge is 2.22. The van der Waals surface area contributed by atoms with Gasteiger partial charge >= 0.3 is 0 Å². The predicted octanol–water partition coefficient (Wildman–Crippen LogP) is 11.4. The molecule has 232 valence electrons. The van der Waals surface area contributed by atoms with E-state index in [4.69, 9.17) is 4.84 Å². The van der Waals surface area contributed by atoms with Crippen LogP contribution in [0.5, 0.6) is 0 Å². The smallest absolute Gasteiger partial charge is 0.147 e. The first-order valence-corrected chi connectivity index (χ1v) is 17.9. The van der Waals surface area contributed by atoms with Gasteiger partial charge in [-0.15, -0.1) is 11.8 Å². The van der Waals surface area contributed by atoms with E-state index in [1.165, 1.54) is 89.2 Å². The van der Waals surface area contributed by atoms with Crippen LogP contribution in [0, 0.1) is 23.7 Å². The molecule has 0 aromatic rings. The van der Waals surface area contributed by atoms with E-state index >= 15 is 0 Å². The van der Waals surface area contributed by atoms with E-state index in [2.05, 4.69) is 57.7 Å². The predicted molar refractivity (Wildman–Crippen MR) is 179 cm³/mol. The zero-order valence-electron chi connectivity index (χ0n) is 28.4. The van der Waals surface area contributed by atoms with Crippen LogP contribution in [0.4, 0.5) is 0 Å². The van der Waals surface area contributed by atoms with Crippen molar-refractivity contribution in [2.24, 2.45) is 23.7 Å². The third kappa shape index (κ3) is 24.8. The molecule has 5 atom stereocenters. The Labute approximate surface area is 246 Å².